The summed E-state index contributed by atoms with van der Waals surface area (Å²) < 4.78 is 14.4. The molecule has 1 nitrogen and oxygen atoms in total. The van der Waals surface area contributed by atoms with Gasteiger partial charge in [0.2, 0.25) is 0 Å². The lowest BCUT2D eigenvalue weighted by atomic mass is 9.73. The molecular formula is C18H24FNS. The van der Waals surface area contributed by atoms with Crippen LogP contribution in [-0.4, -0.2) is 7.05 Å². The molecule has 0 bridgehead atoms. The Labute approximate surface area is 130 Å². The fraction of sp³-hybridized carbons (Fsp3) is 0.556. The van der Waals surface area contributed by atoms with E-state index in [1.165, 1.54) is 24.1 Å². The predicted molar refractivity (Wildman–Crippen MR) is 89.3 cm³/mol. The maximum atomic E-state index is 13.4. The van der Waals surface area contributed by atoms with E-state index in [4.69, 9.17) is 0 Å². The summed E-state index contributed by atoms with van der Waals surface area (Å²) in [6.07, 6.45) is 3.90. The van der Waals surface area contributed by atoms with Crippen molar-refractivity contribution in [3.63, 3.8) is 0 Å². The smallest absolute Gasteiger partial charge is 0.124 e. The molecule has 0 saturated heterocycles. The fourth-order valence-electron chi connectivity index (χ4n) is 3.68. The average Bonchev–Trinajstić information content (AvgIpc) is 2.86. The molecule has 1 heterocycles. The molecule has 21 heavy (non-hydrogen) atoms. The lowest BCUT2D eigenvalue weighted by molar-refractivity contribution is 0.176. The van der Waals surface area contributed by atoms with Gasteiger partial charge in [0.25, 0.3) is 0 Å². The Morgan fingerprint density at radius 3 is 2.71 bits per heavy atom. The van der Waals surface area contributed by atoms with Crippen molar-refractivity contribution in [2.24, 2.45) is 17.8 Å². The molecule has 1 aromatic carbocycles. The lowest BCUT2D eigenvalue weighted by Gasteiger charge is -2.36. The van der Waals surface area contributed by atoms with Gasteiger partial charge in [-0.3, -0.25) is 0 Å². The number of halogens is 1. The van der Waals surface area contributed by atoms with E-state index in [-0.39, 0.29) is 5.82 Å². The third kappa shape index (κ3) is 3.00. The Hall–Kier alpha value is -0.930. The van der Waals surface area contributed by atoms with E-state index in [1.54, 1.807) is 23.5 Å². The van der Waals surface area contributed by atoms with Gasteiger partial charge in [-0.25, -0.2) is 4.39 Å². The largest absolute Gasteiger partial charge is 0.312 e. The van der Waals surface area contributed by atoms with Crippen LogP contribution in [0.4, 0.5) is 4.39 Å². The number of benzene rings is 1. The second-order valence-corrected chi connectivity index (χ2v) is 7.74. The highest BCUT2D eigenvalue weighted by Gasteiger charge is 2.31. The van der Waals surface area contributed by atoms with Crippen LogP contribution in [0.2, 0.25) is 0 Å². The van der Waals surface area contributed by atoms with Gasteiger partial charge in [0.15, 0.2) is 0 Å². The normalized spacial score (nSPS) is 27.9. The van der Waals surface area contributed by atoms with E-state index < -0.39 is 0 Å². The van der Waals surface area contributed by atoms with Crippen LogP contribution < -0.4 is 5.32 Å². The summed E-state index contributed by atoms with van der Waals surface area (Å²) >= 11 is 1.74. The first kappa shape index (κ1) is 15.0. The van der Waals surface area contributed by atoms with Gasteiger partial charge in [-0.15, -0.1) is 11.3 Å². The Balaban J connectivity index is 1.87. The van der Waals surface area contributed by atoms with E-state index >= 15 is 0 Å². The van der Waals surface area contributed by atoms with E-state index in [0.717, 1.165) is 21.9 Å². The molecule has 0 aliphatic heterocycles. The SMILES string of the molecule is CNC(c1cc2ccc(F)cc2s1)C1CCC(C)C(C)C1. The topological polar surface area (TPSA) is 12.0 Å². The van der Waals surface area contributed by atoms with E-state index in [1.807, 2.05) is 6.07 Å². The number of hydrogen-bond acceptors (Lipinski definition) is 2. The molecule has 2 aromatic rings. The second-order valence-electron chi connectivity index (χ2n) is 6.62. The Kier molecular flexibility index (Phi) is 4.32. The summed E-state index contributed by atoms with van der Waals surface area (Å²) in [7, 11) is 2.05. The molecule has 4 unspecified atom stereocenters. The molecule has 1 N–H and O–H groups in total. The van der Waals surface area contributed by atoms with Crippen molar-refractivity contribution in [1.29, 1.82) is 0 Å². The Morgan fingerprint density at radius 1 is 1.19 bits per heavy atom. The highest BCUT2D eigenvalue weighted by molar-refractivity contribution is 7.19. The molecule has 1 aliphatic carbocycles. The van der Waals surface area contributed by atoms with Crippen molar-refractivity contribution in [2.75, 3.05) is 7.05 Å². The Morgan fingerprint density at radius 2 is 2.00 bits per heavy atom. The molecule has 0 radical (unpaired) electrons. The van der Waals surface area contributed by atoms with E-state index in [2.05, 4.69) is 32.3 Å². The first-order valence-corrected chi connectivity index (χ1v) is 8.76. The third-order valence-electron chi connectivity index (χ3n) is 5.23. The second kappa shape index (κ2) is 6.05. The van der Waals surface area contributed by atoms with Crippen molar-refractivity contribution in [2.45, 2.75) is 39.2 Å². The van der Waals surface area contributed by atoms with Crippen LogP contribution in [0.5, 0.6) is 0 Å². The first-order chi connectivity index (χ1) is 10.1. The minimum absolute atomic E-state index is 0.142. The molecule has 1 aromatic heterocycles. The van der Waals surface area contributed by atoms with Crippen molar-refractivity contribution < 1.29 is 4.39 Å². The maximum Gasteiger partial charge on any atom is 0.124 e. The molecular weight excluding hydrogens is 281 g/mol. The molecule has 0 amide bonds. The van der Waals surface area contributed by atoms with Crippen molar-refractivity contribution in [3.05, 3.63) is 35.0 Å². The number of hydrogen-bond donors (Lipinski definition) is 1. The quantitative estimate of drug-likeness (QED) is 0.803. The van der Waals surface area contributed by atoms with E-state index in [0.29, 0.717) is 12.0 Å². The van der Waals surface area contributed by atoms with Crippen LogP contribution in [-0.2, 0) is 0 Å². The molecule has 0 spiro atoms. The van der Waals surface area contributed by atoms with Gasteiger partial charge in [0.05, 0.1) is 0 Å². The Bertz CT molecular complexity index is 621. The zero-order chi connectivity index (χ0) is 15.0. The van der Waals surface area contributed by atoms with Crippen molar-refractivity contribution >= 4 is 21.4 Å². The van der Waals surface area contributed by atoms with Gasteiger partial charge in [0, 0.05) is 15.6 Å². The molecule has 3 heteroatoms. The van der Waals surface area contributed by atoms with Gasteiger partial charge >= 0.3 is 0 Å². The van der Waals surface area contributed by atoms with Crippen LogP contribution >= 0.6 is 11.3 Å². The monoisotopic (exact) mass is 305 g/mol. The number of nitrogens with one attached hydrogen (secondary N) is 1. The minimum Gasteiger partial charge on any atom is -0.312 e. The summed E-state index contributed by atoms with van der Waals surface area (Å²) in [4.78, 5) is 1.35. The van der Waals surface area contributed by atoms with Crippen LogP contribution in [0.3, 0.4) is 0 Å². The zero-order valence-electron chi connectivity index (χ0n) is 13.0. The van der Waals surface area contributed by atoms with Crippen LogP contribution in [0.1, 0.15) is 44.0 Å². The number of rotatable bonds is 3. The minimum atomic E-state index is -0.142. The van der Waals surface area contributed by atoms with Gasteiger partial charge in [-0.05, 0) is 61.2 Å². The van der Waals surface area contributed by atoms with Crippen molar-refractivity contribution in [3.8, 4) is 0 Å². The van der Waals surface area contributed by atoms with Gasteiger partial charge in [-0.2, -0.15) is 0 Å². The van der Waals surface area contributed by atoms with Gasteiger partial charge in [-0.1, -0.05) is 26.3 Å². The van der Waals surface area contributed by atoms with E-state index in [9.17, 15) is 4.39 Å². The predicted octanol–water partition coefficient (Wildman–Crippen LogP) is 5.37. The summed E-state index contributed by atoms with van der Waals surface area (Å²) in [5, 5.41) is 4.68. The molecule has 114 valence electrons. The van der Waals surface area contributed by atoms with Gasteiger partial charge < -0.3 is 5.32 Å². The lowest BCUT2D eigenvalue weighted by Crippen LogP contribution is -2.31. The summed E-state index contributed by atoms with van der Waals surface area (Å²) in [5.74, 6) is 2.19. The molecule has 1 saturated carbocycles. The molecule has 4 atom stereocenters. The number of fused-ring (bicyclic) bond motifs is 1. The standard InChI is InChI=1S/C18H24FNS/c1-11-4-5-14(8-12(11)2)18(20-3)17-9-13-6-7-15(19)10-16(13)21-17/h6-7,9-12,14,18,20H,4-5,8H2,1-3H3. The fourth-order valence-corrected chi connectivity index (χ4v) is 4.97. The van der Waals surface area contributed by atoms with Crippen molar-refractivity contribution in [1.82, 2.24) is 5.32 Å². The number of thiophene rings is 1. The molecule has 3 rings (SSSR count). The summed E-state index contributed by atoms with van der Waals surface area (Å²) in [6.45, 7) is 4.75. The zero-order valence-corrected chi connectivity index (χ0v) is 13.8. The van der Waals surface area contributed by atoms with Crippen LogP contribution in [0.25, 0.3) is 10.1 Å². The summed E-state index contributed by atoms with van der Waals surface area (Å²) in [6, 6.07) is 7.74. The molecule has 1 fully saturated rings. The highest BCUT2D eigenvalue weighted by atomic mass is 32.1. The highest BCUT2D eigenvalue weighted by Crippen LogP contribution is 2.42. The maximum absolute atomic E-state index is 13.4. The molecule has 1 aliphatic rings. The van der Waals surface area contributed by atoms with Gasteiger partial charge in [0.1, 0.15) is 5.82 Å². The van der Waals surface area contributed by atoms with Crippen LogP contribution in [0, 0.1) is 23.6 Å². The average molecular weight is 305 g/mol. The van der Waals surface area contributed by atoms with Crippen LogP contribution in [0.15, 0.2) is 24.3 Å². The summed E-state index contributed by atoms with van der Waals surface area (Å²) in [5.41, 5.74) is 0. The third-order valence-corrected chi connectivity index (χ3v) is 6.41. The first-order valence-electron chi connectivity index (χ1n) is 7.94.